The molecule has 1 aliphatic heterocycles. The van der Waals surface area contributed by atoms with Gasteiger partial charge in [-0.05, 0) is 31.5 Å². The van der Waals surface area contributed by atoms with Crippen LogP contribution in [0.4, 0.5) is 5.69 Å². The molecule has 0 bridgehead atoms. The highest BCUT2D eigenvalue weighted by Gasteiger charge is 2.34. The van der Waals surface area contributed by atoms with Crippen molar-refractivity contribution in [2.75, 3.05) is 18.0 Å². The Morgan fingerprint density at radius 1 is 1.13 bits per heavy atom. The molecule has 30 heavy (non-hydrogen) atoms. The second-order valence-corrected chi connectivity index (χ2v) is 7.30. The summed E-state index contributed by atoms with van der Waals surface area (Å²) < 4.78 is 1.91. The molecule has 3 rings (SSSR count). The van der Waals surface area contributed by atoms with E-state index >= 15 is 0 Å². The number of carbonyl (C=O) groups excluding carboxylic acids is 1. The van der Waals surface area contributed by atoms with Gasteiger partial charge in [-0.3, -0.25) is 18.7 Å². The van der Waals surface area contributed by atoms with E-state index in [1.54, 1.807) is 0 Å². The van der Waals surface area contributed by atoms with Crippen molar-refractivity contribution >= 4 is 17.3 Å². The largest absolute Gasteiger partial charge is 0.494 e. The van der Waals surface area contributed by atoms with Gasteiger partial charge in [0.15, 0.2) is 0 Å². The van der Waals surface area contributed by atoms with E-state index in [2.05, 4.69) is 23.8 Å². The Morgan fingerprint density at radius 3 is 2.27 bits per heavy atom. The average molecular weight is 413 g/mol. The summed E-state index contributed by atoms with van der Waals surface area (Å²) >= 11 is 0. The predicted octanol–water partition coefficient (Wildman–Crippen LogP) is 1.33. The first-order valence-corrected chi connectivity index (χ1v) is 9.92. The smallest absolute Gasteiger partial charge is 0.333 e. The van der Waals surface area contributed by atoms with Crippen LogP contribution in [-0.4, -0.2) is 44.0 Å². The normalized spacial score (nSPS) is 16.0. The Morgan fingerprint density at radius 2 is 1.73 bits per heavy atom. The van der Waals surface area contributed by atoms with Crippen molar-refractivity contribution in [3.63, 3.8) is 0 Å². The highest BCUT2D eigenvalue weighted by molar-refractivity contribution is 6.04. The molecule has 0 saturated heterocycles. The standard InChI is InChI=1S/C21H27N5O4/c1-6-25(7-2)15-10-8-14(9-11-15)17-12-16(22-26(17)13(3)27)18-19(28)23(4)21(30)24(5)20(18)29/h8-11,17,28H,6-7,12H2,1-5H3/t17-/m0/s1. The van der Waals surface area contributed by atoms with Crippen molar-refractivity contribution in [1.82, 2.24) is 14.1 Å². The summed E-state index contributed by atoms with van der Waals surface area (Å²) in [6, 6.07) is 7.50. The first-order chi connectivity index (χ1) is 14.2. The lowest BCUT2D eigenvalue weighted by atomic mass is 9.98. The third kappa shape index (κ3) is 3.51. The number of hydrogen-bond donors (Lipinski definition) is 1. The minimum atomic E-state index is -0.643. The summed E-state index contributed by atoms with van der Waals surface area (Å²) in [6.07, 6.45) is 0.255. The summed E-state index contributed by atoms with van der Waals surface area (Å²) in [5.41, 5.74) is 0.898. The molecular weight excluding hydrogens is 386 g/mol. The molecule has 1 aromatic heterocycles. The number of rotatable bonds is 5. The molecule has 160 valence electrons. The van der Waals surface area contributed by atoms with Crippen LogP contribution in [0, 0.1) is 0 Å². The van der Waals surface area contributed by atoms with Gasteiger partial charge in [0, 0.05) is 46.2 Å². The average Bonchev–Trinajstić information content (AvgIpc) is 3.18. The molecule has 1 atom stereocenters. The van der Waals surface area contributed by atoms with Gasteiger partial charge in [0.05, 0.1) is 11.8 Å². The molecule has 0 fully saturated rings. The van der Waals surface area contributed by atoms with Crippen LogP contribution in [0.5, 0.6) is 5.88 Å². The third-order valence-corrected chi connectivity index (χ3v) is 5.56. The first-order valence-electron chi connectivity index (χ1n) is 9.92. The molecule has 9 heteroatoms. The second kappa shape index (κ2) is 8.17. The fraction of sp³-hybridized carbons (Fsp3) is 0.429. The number of aromatic hydroxyl groups is 1. The highest BCUT2D eigenvalue weighted by Crippen LogP contribution is 2.34. The third-order valence-electron chi connectivity index (χ3n) is 5.56. The number of amides is 1. The molecule has 0 spiro atoms. The molecule has 1 N–H and O–H groups in total. The maximum Gasteiger partial charge on any atom is 0.333 e. The Bertz CT molecular complexity index is 1110. The minimum Gasteiger partial charge on any atom is -0.494 e. The van der Waals surface area contributed by atoms with Gasteiger partial charge in [0.1, 0.15) is 5.56 Å². The van der Waals surface area contributed by atoms with E-state index in [9.17, 15) is 19.5 Å². The Kier molecular flexibility index (Phi) is 5.82. The zero-order chi connectivity index (χ0) is 22.2. The van der Waals surface area contributed by atoms with Gasteiger partial charge >= 0.3 is 5.69 Å². The molecular formula is C21H27N5O4. The van der Waals surface area contributed by atoms with E-state index in [0.717, 1.165) is 33.5 Å². The van der Waals surface area contributed by atoms with E-state index in [1.165, 1.54) is 26.0 Å². The van der Waals surface area contributed by atoms with Gasteiger partial charge in [-0.25, -0.2) is 9.80 Å². The highest BCUT2D eigenvalue weighted by atomic mass is 16.3. The van der Waals surface area contributed by atoms with Crippen LogP contribution in [-0.2, 0) is 18.9 Å². The van der Waals surface area contributed by atoms with Crippen molar-refractivity contribution in [3.05, 3.63) is 56.2 Å². The molecule has 1 aromatic carbocycles. The molecule has 1 aliphatic rings. The Hall–Kier alpha value is -3.36. The second-order valence-electron chi connectivity index (χ2n) is 7.30. The van der Waals surface area contributed by atoms with E-state index in [0.29, 0.717) is 0 Å². The summed E-state index contributed by atoms with van der Waals surface area (Å²) in [5, 5.41) is 16.1. The van der Waals surface area contributed by atoms with Gasteiger partial charge in [-0.2, -0.15) is 5.10 Å². The lowest BCUT2D eigenvalue weighted by Gasteiger charge is -2.23. The predicted molar refractivity (Wildman–Crippen MR) is 115 cm³/mol. The van der Waals surface area contributed by atoms with Crippen molar-refractivity contribution in [1.29, 1.82) is 0 Å². The molecule has 0 saturated carbocycles. The summed E-state index contributed by atoms with van der Waals surface area (Å²) in [4.78, 5) is 39.1. The molecule has 1 amide bonds. The minimum absolute atomic E-state index is 0.0619. The summed E-state index contributed by atoms with van der Waals surface area (Å²) in [7, 11) is 2.72. The fourth-order valence-electron chi connectivity index (χ4n) is 3.79. The molecule has 0 aliphatic carbocycles. The lowest BCUT2D eigenvalue weighted by molar-refractivity contribution is -0.130. The van der Waals surface area contributed by atoms with E-state index in [1.807, 2.05) is 24.3 Å². The number of anilines is 1. The quantitative estimate of drug-likeness (QED) is 0.797. The summed E-state index contributed by atoms with van der Waals surface area (Å²) in [6.45, 7) is 7.36. The molecule has 2 aromatic rings. The van der Waals surface area contributed by atoms with Crippen LogP contribution in [0.3, 0.4) is 0 Å². The number of carbonyl (C=O) groups is 1. The Balaban J connectivity index is 2.02. The molecule has 0 unspecified atom stereocenters. The summed E-state index contributed by atoms with van der Waals surface area (Å²) in [5.74, 6) is -0.730. The monoisotopic (exact) mass is 413 g/mol. The Labute approximate surface area is 174 Å². The van der Waals surface area contributed by atoms with Crippen molar-refractivity contribution in [2.45, 2.75) is 33.2 Å². The van der Waals surface area contributed by atoms with E-state index in [4.69, 9.17) is 0 Å². The number of aromatic nitrogens is 2. The first kappa shape index (κ1) is 21.4. The maximum absolute atomic E-state index is 12.7. The molecule has 0 radical (unpaired) electrons. The van der Waals surface area contributed by atoms with Gasteiger partial charge in [-0.1, -0.05) is 12.1 Å². The fourth-order valence-corrected chi connectivity index (χ4v) is 3.79. The zero-order valence-electron chi connectivity index (χ0n) is 17.9. The van der Waals surface area contributed by atoms with Crippen molar-refractivity contribution in [2.24, 2.45) is 19.2 Å². The maximum atomic E-state index is 12.7. The zero-order valence-corrected chi connectivity index (χ0v) is 17.9. The van der Waals surface area contributed by atoms with E-state index < -0.39 is 23.2 Å². The van der Waals surface area contributed by atoms with Crippen LogP contribution < -0.4 is 16.1 Å². The topological polar surface area (TPSA) is 100 Å². The van der Waals surface area contributed by atoms with Crippen LogP contribution in [0.1, 0.15) is 44.4 Å². The van der Waals surface area contributed by atoms with Crippen LogP contribution in [0.15, 0.2) is 39.0 Å². The lowest BCUT2D eigenvalue weighted by Crippen LogP contribution is -2.39. The van der Waals surface area contributed by atoms with Gasteiger partial charge in [0.25, 0.3) is 5.56 Å². The molecule has 9 nitrogen and oxygen atoms in total. The number of hydrazone groups is 1. The molecule has 2 heterocycles. The number of nitrogens with zero attached hydrogens (tertiary/aromatic N) is 5. The van der Waals surface area contributed by atoms with Gasteiger partial charge in [0.2, 0.25) is 11.8 Å². The van der Waals surface area contributed by atoms with E-state index in [-0.39, 0.29) is 23.6 Å². The number of hydrogen-bond acceptors (Lipinski definition) is 6. The van der Waals surface area contributed by atoms with Crippen LogP contribution >= 0.6 is 0 Å². The van der Waals surface area contributed by atoms with Gasteiger partial charge in [-0.15, -0.1) is 0 Å². The number of benzene rings is 1. The van der Waals surface area contributed by atoms with Crippen LogP contribution in [0.25, 0.3) is 0 Å². The van der Waals surface area contributed by atoms with Crippen LogP contribution in [0.2, 0.25) is 0 Å². The van der Waals surface area contributed by atoms with Crippen molar-refractivity contribution in [3.8, 4) is 5.88 Å². The van der Waals surface area contributed by atoms with Crippen molar-refractivity contribution < 1.29 is 9.90 Å². The van der Waals surface area contributed by atoms with Gasteiger partial charge < -0.3 is 10.0 Å². The SMILES string of the molecule is CCN(CC)c1ccc([C@@H]2CC(c3c(O)n(C)c(=O)n(C)c3=O)=NN2C(C)=O)cc1.